The summed E-state index contributed by atoms with van der Waals surface area (Å²) in [7, 11) is 1.60. The molecule has 1 aliphatic carbocycles. The van der Waals surface area contributed by atoms with Crippen LogP contribution in [0.1, 0.15) is 6.42 Å². The molecule has 1 saturated carbocycles. The second kappa shape index (κ2) is 8.30. The van der Waals surface area contributed by atoms with Crippen molar-refractivity contribution in [1.82, 2.24) is 5.32 Å². The van der Waals surface area contributed by atoms with E-state index in [-0.39, 0.29) is 30.4 Å². The van der Waals surface area contributed by atoms with Gasteiger partial charge in [0, 0.05) is 11.8 Å². The molecule has 0 spiro atoms. The molecule has 4 rings (SSSR count). The van der Waals surface area contributed by atoms with E-state index < -0.39 is 0 Å². The summed E-state index contributed by atoms with van der Waals surface area (Å²) in [5.41, 5.74) is 0.623. The first-order valence-corrected chi connectivity index (χ1v) is 9.39. The monoisotopic (exact) mass is 398 g/mol. The minimum atomic E-state index is -0.317. The van der Waals surface area contributed by atoms with Gasteiger partial charge in [-0.3, -0.25) is 9.59 Å². The van der Waals surface area contributed by atoms with Crippen molar-refractivity contribution >= 4 is 17.5 Å². The van der Waals surface area contributed by atoms with Gasteiger partial charge in [-0.2, -0.15) is 0 Å². The third-order valence-corrected chi connectivity index (χ3v) is 4.83. The van der Waals surface area contributed by atoms with Gasteiger partial charge < -0.3 is 29.6 Å². The van der Waals surface area contributed by atoms with Crippen molar-refractivity contribution in [3.05, 3.63) is 42.5 Å². The van der Waals surface area contributed by atoms with Crippen LogP contribution in [0.25, 0.3) is 0 Å². The van der Waals surface area contributed by atoms with Crippen molar-refractivity contribution in [1.29, 1.82) is 0 Å². The highest BCUT2D eigenvalue weighted by atomic mass is 16.7. The Morgan fingerprint density at radius 2 is 1.72 bits per heavy atom. The fraction of sp³-hybridized carbons (Fsp3) is 0.333. The highest BCUT2D eigenvalue weighted by Gasteiger charge is 2.47. The Morgan fingerprint density at radius 3 is 2.52 bits per heavy atom. The number of ether oxygens (including phenoxy) is 4. The van der Waals surface area contributed by atoms with Crippen molar-refractivity contribution in [2.45, 2.75) is 6.42 Å². The fourth-order valence-electron chi connectivity index (χ4n) is 3.13. The topological polar surface area (TPSA) is 95.1 Å². The highest BCUT2D eigenvalue weighted by Crippen LogP contribution is 2.40. The number of fused-ring (bicyclic) bond motifs is 1. The predicted molar refractivity (Wildman–Crippen MR) is 104 cm³/mol. The van der Waals surface area contributed by atoms with E-state index in [0.29, 0.717) is 42.5 Å². The van der Waals surface area contributed by atoms with Crippen molar-refractivity contribution in [3.8, 4) is 23.0 Å². The zero-order valence-corrected chi connectivity index (χ0v) is 16.0. The molecule has 2 N–H and O–H groups in total. The van der Waals surface area contributed by atoms with Gasteiger partial charge in [0.2, 0.25) is 18.6 Å². The van der Waals surface area contributed by atoms with Gasteiger partial charge >= 0.3 is 0 Å². The van der Waals surface area contributed by atoms with E-state index in [1.54, 1.807) is 37.4 Å². The van der Waals surface area contributed by atoms with Gasteiger partial charge in [0.05, 0.1) is 25.5 Å². The summed E-state index contributed by atoms with van der Waals surface area (Å²) in [6, 6.07) is 12.4. The molecule has 29 heavy (non-hydrogen) atoms. The Labute approximate surface area is 168 Å². The maximum absolute atomic E-state index is 12.4. The zero-order valence-electron chi connectivity index (χ0n) is 16.0. The number of carbonyl (C=O) groups is 2. The number of benzene rings is 2. The summed E-state index contributed by atoms with van der Waals surface area (Å²) in [6.45, 7) is 0.899. The molecule has 1 fully saturated rings. The van der Waals surface area contributed by atoms with E-state index in [1.807, 2.05) is 12.1 Å². The Morgan fingerprint density at radius 1 is 1.00 bits per heavy atom. The first-order chi connectivity index (χ1) is 14.1. The van der Waals surface area contributed by atoms with Crippen LogP contribution in [0.2, 0.25) is 0 Å². The Kier molecular flexibility index (Phi) is 5.41. The van der Waals surface area contributed by atoms with Crippen LogP contribution in [-0.4, -0.2) is 38.9 Å². The summed E-state index contributed by atoms with van der Waals surface area (Å²) in [5.74, 6) is 1.80. The lowest BCUT2D eigenvalue weighted by molar-refractivity contribution is -0.125. The van der Waals surface area contributed by atoms with Gasteiger partial charge in [-0.15, -0.1) is 0 Å². The summed E-state index contributed by atoms with van der Waals surface area (Å²) in [6.07, 6.45) is 0.543. The number of rotatable bonds is 8. The molecule has 2 amide bonds. The van der Waals surface area contributed by atoms with Gasteiger partial charge in [0.25, 0.3) is 0 Å². The van der Waals surface area contributed by atoms with E-state index in [9.17, 15) is 9.59 Å². The molecule has 1 aliphatic heterocycles. The fourth-order valence-corrected chi connectivity index (χ4v) is 3.13. The standard InChI is InChI=1S/C21H22N2O6/c1-26-14-3-5-15(6-4-14)27-9-8-22-20(24)16-11-17(16)21(25)23-13-2-7-18-19(10-13)29-12-28-18/h2-7,10,16-17H,8-9,11-12H2,1H3,(H,22,24)(H,23,25). The minimum absolute atomic E-state index is 0.130. The van der Waals surface area contributed by atoms with E-state index >= 15 is 0 Å². The van der Waals surface area contributed by atoms with Crippen LogP contribution >= 0.6 is 0 Å². The minimum Gasteiger partial charge on any atom is -0.497 e. The average Bonchev–Trinajstić information content (AvgIpc) is 3.42. The molecule has 0 aromatic heterocycles. The number of hydrogen-bond acceptors (Lipinski definition) is 6. The summed E-state index contributed by atoms with van der Waals surface area (Å²) in [5, 5.41) is 5.64. The van der Waals surface area contributed by atoms with Crippen molar-refractivity contribution in [3.63, 3.8) is 0 Å². The molecule has 2 unspecified atom stereocenters. The maximum atomic E-state index is 12.4. The Balaban J connectivity index is 1.17. The molecule has 0 bridgehead atoms. The summed E-state index contributed by atoms with van der Waals surface area (Å²) in [4.78, 5) is 24.6. The first kappa shape index (κ1) is 18.9. The molecule has 152 valence electrons. The molecular formula is C21H22N2O6. The summed E-state index contributed by atoms with van der Waals surface area (Å²) >= 11 is 0. The normalized spacial score (nSPS) is 18.7. The first-order valence-electron chi connectivity index (χ1n) is 9.39. The Bertz CT molecular complexity index is 899. The van der Waals surface area contributed by atoms with Crippen LogP contribution in [0, 0.1) is 11.8 Å². The van der Waals surface area contributed by atoms with Crippen molar-refractivity contribution in [2.75, 3.05) is 32.4 Å². The molecule has 2 aliphatic rings. The average molecular weight is 398 g/mol. The number of methoxy groups -OCH3 is 1. The maximum Gasteiger partial charge on any atom is 0.231 e. The lowest BCUT2D eigenvalue weighted by atomic mass is 10.2. The molecule has 2 aromatic carbocycles. The number of hydrogen-bond donors (Lipinski definition) is 2. The number of nitrogens with one attached hydrogen (secondary N) is 2. The quantitative estimate of drug-likeness (QED) is 0.662. The highest BCUT2D eigenvalue weighted by molar-refractivity contribution is 5.99. The zero-order chi connectivity index (χ0) is 20.2. The molecule has 2 aromatic rings. The number of carbonyl (C=O) groups excluding carboxylic acids is 2. The molecule has 0 radical (unpaired) electrons. The molecule has 1 heterocycles. The third-order valence-electron chi connectivity index (χ3n) is 4.83. The SMILES string of the molecule is COc1ccc(OCCNC(=O)C2CC2C(=O)Nc2ccc3c(c2)OCO3)cc1. The van der Waals surface area contributed by atoms with E-state index in [4.69, 9.17) is 18.9 Å². The van der Waals surface area contributed by atoms with Gasteiger partial charge in [-0.05, 0) is 42.8 Å². The molecule has 2 atom stereocenters. The van der Waals surface area contributed by atoms with Crippen LogP contribution in [-0.2, 0) is 9.59 Å². The van der Waals surface area contributed by atoms with Gasteiger partial charge in [-0.1, -0.05) is 0 Å². The van der Waals surface area contributed by atoms with Crippen LogP contribution in [0.5, 0.6) is 23.0 Å². The Hall–Kier alpha value is -3.42. The van der Waals surface area contributed by atoms with Crippen molar-refractivity contribution < 1.29 is 28.5 Å². The van der Waals surface area contributed by atoms with Crippen molar-refractivity contribution in [2.24, 2.45) is 11.8 Å². The second-order valence-electron chi connectivity index (χ2n) is 6.82. The smallest absolute Gasteiger partial charge is 0.231 e. The van der Waals surface area contributed by atoms with Gasteiger partial charge in [-0.25, -0.2) is 0 Å². The second-order valence-corrected chi connectivity index (χ2v) is 6.82. The predicted octanol–water partition coefficient (Wildman–Crippen LogP) is 2.19. The van der Waals surface area contributed by atoms with Gasteiger partial charge in [0.15, 0.2) is 11.5 Å². The van der Waals surface area contributed by atoms with E-state index in [2.05, 4.69) is 10.6 Å². The van der Waals surface area contributed by atoms with Gasteiger partial charge in [0.1, 0.15) is 18.1 Å². The third kappa shape index (κ3) is 4.53. The lowest BCUT2D eigenvalue weighted by Crippen LogP contribution is -2.31. The molecule has 8 heteroatoms. The molecule has 8 nitrogen and oxygen atoms in total. The van der Waals surface area contributed by atoms with Crippen LogP contribution in [0.3, 0.4) is 0 Å². The van der Waals surface area contributed by atoms with E-state index in [1.165, 1.54) is 0 Å². The molecular weight excluding hydrogens is 376 g/mol. The largest absolute Gasteiger partial charge is 0.497 e. The number of amides is 2. The van der Waals surface area contributed by atoms with E-state index in [0.717, 1.165) is 5.75 Å². The molecule has 0 saturated heterocycles. The van der Waals surface area contributed by atoms with Crippen LogP contribution in [0.15, 0.2) is 42.5 Å². The summed E-state index contributed by atoms with van der Waals surface area (Å²) < 4.78 is 21.2. The van der Waals surface area contributed by atoms with Crippen LogP contribution < -0.4 is 29.6 Å². The number of anilines is 1. The van der Waals surface area contributed by atoms with Crippen LogP contribution in [0.4, 0.5) is 5.69 Å². The lowest BCUT2D eigenvalue weighted by Gasteiger charge is -2.09.